The van der Waals surface area contributed by atoms with E-state index in [1.165, 1.54) is 0 Å². The van der Waals surface area contributed by atoms with Crippen molar-refractivity contribution in [1.29, 1.82) is 0 Å². The van der Waals surface area contributed by atoms with Gasteiger partial charge in [0.2, 0.25) is 0 Å². The Morgan fingerprint density at radius 1 is 0.556 bits per heavy atom. The molecule has 0 aliphatic carbocycles. The molecule has 2 aromatic carbocycles. The minimum atomic E-state index is 0.681. The molecule has 4 rings (SSSR count). The predicted octanol–water partition coefficient (Wildman–Crippen LogP) is 5.19. The summed E-state index contributed by atoms with van der Waals surface area (Å²) in [6.07, 6.45) is 0. The van der Waals surface area contributed by atoms with E-state index >= 15 is 0 Å². The smallest absolute Gasteiger partial charge is 0.163 e. The van der Waals surface area contributed by atoms with E-state index in [-0.39, 0.29) is 0 Å². The summed E-state index contributed by atoms with van der Waals surface area (Å²) in [7, 11) is 0. The first-order valence-electron chi connectivity index (χ1n) is 8.93. The maximum Gasteiger partial charge on any atom is 0.163 e. The molecule has 0 radical (unpaired) electrons. The lowest BCUT2D eigenvalue weighted by atomic mass is 10.0. The van der Waals surface area contributed by atoms with Crippen LogP contribution in [0.3, 0.4) is 0 Å². The van der Waals surface area contributed by atoms with E-state index in [0.717, 1.165) is 33.6 Å². The summed E-state index contributed by atoms with van der Waals surface area (Å²) < 4.78 is 0. The van der Waals surface area contributed by atoms with Gasteiger partial charge in [0.1, 0.15) is 5.82 Å². The fourth-order valence-electron chi connectivity index (χ4n) is 3.14. The van der Waals surface area contributed by atoms with E-state index in [1.807, 2.05) is 69.3 Å². The van der Waals surface area contributed by atoms with Gasteiger partial charge in [-0.3, -0.25) is 4.98 Å². The Balaban J connectivity index is 1.79. The van der Waals surface area contributed by atoms with E-state index in [9.17, 15) is 0 Å². The Morgan fingerprint density at radius 3 is 1.96 bits per heavy atom. The first-order valence-corrected chi connectivity index (χ1v) is 8.93. The molecule has 0 saturated carbocycles. The van der Waals surface area contributed by atoms with E-state index in [1.54, 1.807) is 0 Å². The van der Waals surface area contributed by atoms with E-state index in [2.05, 4.69) is 33.2 Å². The van der Waals surface area contributed by atoms with Crippen molar-refractivity contribution >= 4 is 0 Å². The molecule has 4 aromatic rings. The third kappa shape index (κ3) is 3.60. The molecular formula is C23H20N4. The van der Waals surface area contributed by atoms with Crippen LogP contribution < -0.4 is 0 Å². The second-order valence-electron chi connectivity index (χ2n) is 6.56. The van der Waals surface area contributed by atoms with E-state index in [0.29, 0.717) is 17.5 Å². The van der Waals surface area contributed by atoms with Gasteiger partial charge in [-0.15, -0.1) is 0 Å². The molecule has 4 nitrogen and oxygen atoms in total. The highest BCUT2D eigenvalue weighted by Gasteiger charge is 2.10. The SMILES string of the molecule is Cc1ccc(-c2cccc(-c3nc(C)nc(-c4ccccc4)n3)c2)c(C)n1. The van der Waals surface area contributed by atoms with Crippen LogP contribution in [0.1, 0.15) is 17.2 Å². The molecule has 2 aromatic heterocycles. The molecule has 0 unspecified atom stereocenters. The fraction of sp³-hybridized carbons (Fsp3) is 0.130. The molecule has 0 aliphatic heterocycles. The number of nitrogens with zero attached hydrogens (tertiary/aromatic N) is 4. The van der Waals surface area contributed by atoms with Gasteiger partial charge in [0.05, 0.1) is 0 Å². The number of pyridine rings is 1. The highest BCUT2D eigenvalue weighted by atomic mass is 15.0. The Morgan fingerprint density at radius 2 is 1.22 bits per heavy atom. The van der Waals surface area contributed by atoms with Crippen molar-refractivity contribution in [3.05, 3.63) is 83.9 Å². The summed E-state index contributed by atoms with van der Waals surface area (Å²) in [5, 5.41) is 0. The second-order valence-corrected chi connectivity index (χ2v) is 6.56. The zero-order valence-electron chi connectivity index (χ0n) is 15.6. The van der Waals surface area contributed by atoms with Gasteiger partial charge < -0.3 is 0 Å². The fourth-order valence-corrected chi connectivity index (χ4v) is 3.14. The van der Waals surface area contributed by atoms with Gasteiger partial charge in [0.25, 0.3) is 0 Å². The van der Waals surface area contributed by atoms with Crippen LogP contribution in [0.4, 0.5) is 0 Å². The zero-order chi connectivity index (χ0) is 18.8. The van der Waals surface area contributed by atoms with Gasteiger partial charge in [-0.25, -0.2) is 15.0 Å². The average Bonchev–Trinajstić information content (AvgIpc) is 2.68. The average molecular weight is 352 g/mol. The lowest BCUT2D eigenvalue weighted by Crippen LogP contribution is -1.99. The van der Waals surface area contributed by atoms with Crippen LogP contribution in [0.15, 0.2) is 66.7 Å². The molecule has 0 amide bonds. The van der Waals surface area contributed by atoms with Gasteiger partial charge in [0, 0.05) is 28.1 Å². The standard InChI is InChI=1S/C23H20N4/c1-15-12-13-21(16(2)24-15)19-10-7-11-20(14-19)23-26-17(3)25-22(27-23)18-8-5-4-6-9-18/h4-14H,1-3H3. The van der Waals surface area contributed by atoms with Gasteiger partial charge >= 0.3 is 0 Å². The molecule has 0 saturated heterocycles. The van der Waals surface area contributed by atoms with Crippen LogP contribution in [0.2, 0.25) is 0 Å². The van der Waals surface area contributed by atoms with Crippen molar-refractivity contribution in [2.24, 2.45) is 0 Å². The molecule has 0 bridgehead atoms. The van der Waals surface area contributed by atoms with Gasteiger partial charge in [-0.05, 0) is 38.5 Å². The molecular weight excluding hydrogens is 332 g/mol. The van der Waals surface area contributed by atoms with Crippen LogP contribution in [0.25, 0.3) is 33.9 Å². The second kappa shape index (κ2) is 7.08. The summed E-state index contributed by atoms with van der Waals surface area (Å²) in [5.74, 6) is 2.08. The Labute approximate surface area is 159 Å². The number of benzene rings is 2. The molecule has 0 aliphatic rings. The normalized spacial score (nSPS) is 10.8. The third-order valence-electron chi connectivity index (χ3n) is 4.44. The Hall–Kier alpha value is -3.40. The molecule has 0 atom stereocenters. The zero-order valence-corrected chi connectivity index (χ0v) is 15.6. The van der Waals surface area contributed by atoms with Crippen molar-refractivity contribution < 1.29 is 0 Å². The summed E-state index contributed by atoms with van der Waals surface area (Å²) in [6, 6.07) is 22.4. The minimum absolute atomic E-state index is 0.681. The minimum Gasteiger partial charge on any atom is -0.258 e. The molecule has 132 valence electrons. The van der Waals surface area contributed by atoms with Crippen molar-refractivity contribution in [3.63, 3.8) is 0 Å². The number of hydrogen-bond donors (Lipinski definition) is 0. The first-order chi connectivity index (χ1) is 13.1. The third-order valence-corrected chi connectivity index (χ3v) is 4.44. The highest BCUT2D eigenvalue weighted by molar-refractivity contribution is 5.72. The number of hydrogen-bond acceptors (Lipinski definition) is 4. The number of aromatic nitrogens is 4. The number of aryl methyl sites for hydroxylation is 3. The van der Waals surface area contributed by atoms with Crippen LogP contribution in [0.5, 0.6) is 0 Å². The van der Waals surface area contributed by atoms with Crippen LogP contribution in [0, 0.1) is 20.8 Å². The lowest BCUT2D eigenvalue weighted by Gasteiger charge is -2.09. The number of rotatable bonds is 3. The van der Waals surface area contributed by atoms with Crippen LogP contribution in [-0.4, -0.2) is 19.9 Å². The summed E-state index contributed by atoms with van der Waals surface area (Å²) in [4.78, 5) is 18.4. The first kappa shape index (κ1) is 17.0. The van der Waals surface area contributed by atoms with Crippen molar-refractivity contribution in [1.82, 2.24) is 19.9 Å². The monoisotopic (exact) mass is 352 g/mol. The Bertz CT molecular complexity index is 1100. The molecule has 4 heteroatoms. The van der Waals surface area contributed by atoms with Gasteiger partial charge in [-0.1, -0.05) is 54.6 Å². The Kier molecular flexibility index (Phi) is 4.47. The maximum atomic E-state index is 4.71. The van der Waals surface area contributed by atoms with Gasteiger partial charge in [0.15, 0.2) is 11.6 Å². The summed E-state index contributed by atoms with van der Waals surface area (Å²) in [6.45, 7) is 5.94. The van der Waals surface area contributed by atoms with Crippen LogP contribution in [-0.2, 0) is 0 Å². The quantitative estimate of drug-likeness (QED) is 0.509. The topological polar surface area (TPSA) is 51.6 Å². The van der Waals surface area contributed by atoms with Gasteiger partial charge in [-0.2, -0.15) is 0 Å². The lowest BCUT2D eigenvalue weighted by molar-refractivity contribution is 0.992. The molecule has 0 N–H and O–H groups in total. The van der Waals surface area contributed by atoms with Crippen molar-refractivity contribution in [2.75, 3.05) is 0 Å². The molecule has 0 spiro atoms. The van der Waals surface area contributed by atoms with Crippen molar-refractivity contribution in [2.45, 2.75) is 20.8 Å². The largest absolute Gasteiger partial charge is 0.258 e. The van der Waals surface area contributed by atoms with Crippen LogP contribution >= 0.6 is 0 Å². The van der Waals surface area contributed by atoms with Crippen molar-refractivity contribution in [3.8, 4) is 33.9 Å². The highest BCUT2D eigenvalue weighted by Crippen LogP contribution is 2.27. The predicted molar refractivity (Wildman–Crippen MR) is 108 cm³/mol. The molecule has 27 heavy (non-hydrogen) atoms. The summed E-state index contributed by atoms with van der Waals surface area (Å²) in [5.41, 5.74) is 6.22. The molecule has 2 heterocycles. The van der Waals surface area contributed by atoms with E-state index < -0.39 is 0 Å². The maximum absolute atomic E-state index is 4.71. The molecule has 0 fully saturated rings. The summed E-state index contributed by atoms with van der Waals surface area (Å²) >= 11 is 0. The van der Waals surface area contributed by atoms with E-state index in [4.69, 9.17) is 4.98 Å².